The minimum Gasteiger partial charge on any atom is -0.453 e. The fourth-order valence-electron chi connectivity index (χ4n) is 0.681. The van der Waals surface area contributed by atoms with Gasteiger partial charge in [-0.05, 0) is 18.0 Å². The molecule has 11 heavy (non-hydrogen) atoms. The molecule has 0 bridgehead atoms. The van der Waals surface area contributed by atoms with Crippen LogP contribution in [0.5, 0.6) is 0 Å². The molecule has 0 heterocycles. The first-order valence-electron chi connectivity index (χ1n) is 3.44. The number of hydrogen-bond acceptors (Lipinski definition) is 3. The van der Waals surface area contributed by atoms with Crippen molar-refractivity contribution in [3.63, 3.8) is 0 Å². The first-order chi connectivity index (χ1) is 5.07. The summed E-state index contributed by atoms with van der Waals surface area (Å²) < 4.78 is 4.63. The Morgan fingerprint density at radius 2 is 2.09 bits per heavy atom. The van der Waals surface area contributed by atoms with Crippen LogP contribution >= 0.6 is 11.6 Å². The monoisotopic (exact) mass is 178 g/mol. The lowest BCUT2D eigenvalue weighted by atomic mass is 10.2. The Bertz CT molecular complexity index is 156. The summed E-state index contributed by atoms with van der Waals surface area (Å²) >= 11 is 5.15. The van der Waals surface area contributed by atoms with Crippen LogP contribution in [0.25, 0.3) is 0 Å². The maximum Gasteiger partial charge on any atom is 0.303 e. The highest BCUT2D eigenvalue weighted by Crippen LogP contribution is 2.05. The topological polar surface area (TPSA) is 43.4 Å². The maximum absolute atomic E-state index is 10.6. The minimum absolute atomic E-state index is 0.475. The third-order valence-corrected chi connectivity index (χ3v) is 1.36. The third-order valence-electron chi connectivity index (χ3n) is 1.11. The lowest BCUT2D eigenvalue weighted by molar-refractivity contribution is -0.150. The van der Waals surface area contributed by atoms with Gasteiger partial charge in [-0.15, -0.1) is 0 Å². The largest absolute Gasteiger partial charge is 0.453 e. The van der Waals surface area contributed by atoms with Gasteiger partial charge in [0.15, 0.2) is 6.10 Å². The summed E-state index contributed by atoms with van der Waals surface area (Å²) in [6.07, 6.45) is 0.484. The SMILES string of the molecule is CCCC(OC(C)=O)C(=O)Cl. The van der Waals surface area contributed by atoms with Gasteiger partial charge in [-0.25, -0.2) is 0 Å². The van der Waals surface area contributed by atoms with Crippen molar-refractivity contribution in [2.75, 3.05) is 0 Å². The Morgan fingerprint density at radius 3 is 2.36 bits per heavy atom. The van der Waals surface area contributed by atoms with Gasteiger partial charge in [0.25, 0.3) is 5.24 Å². The second-order valence-electron chi connectivity index (χ2n) is 2.19. The maximum atomic E-state index is 10.6. The first kappa shape index (κ1) is 10.4. The number of ether oxygens (including phenoxy) is 1. The molecule has 0 aromatic heterocycles. The standard InChI is InChI=1S/C7H11ClO3/c1-3-4-6(7(8)10)11-5(2)9/h6H,3-4H2,1-2H3. The van der Waals surface area contributed by atoms with E-state index in [4.69, 9.17) is 11.6 Å². The molecule has 0 fully saturated rings. The van der Waals surface area contributed by atoms with Crippen LogP contribution in [0.15, 0.2) is 0 Å². The number of rotatable bonds is 4. The van der Waals surface area contributed by atoms with E-state index in [1.165, 1.54) is 6.92 Å². The number of halogens is 1. The van der Waals surface area contributed by atoms with Gasteiger partial charge in [0, 0.05) is 6.92 Å². The van der Waals surface area contributed by atoms with Gasteiger partial charge in [0.1, 0.15) is 0 Å². The van der Waals surface area contributed by atoms with Crippen molar-refractivity contribution >= 4 is 22.8 Å². The average Bonchev–Trinajstić information content (AvgIpc) is 1.86. The number of hydrogen-bond donors (Lipinski definition) is 0. The molecular formula is C7H11ClO3. The molecule has 0 radical (unpaired) electrons. The number of carbonyl (C=O) groups is 2. The van der Waals surface area contributed by atoms with Gasteiger partial charge in [0.2, 0.25) is 0 Å². The van der Waals surface area contributed by atoms with Crippen molar-refractivity contribution in [3.8, 4) is 0 Å². The van der Waals surface area contributed by atoms with Crippen LogP contribution in [0.2, 0.25) is 0 Å². The average molecular weight is 179 g/mol. The van der Waals surface area contributed by atoms with Crippen LogP contribution in [0.1, 0.15) is 26.7 Å². The summed E-state index contributed by atoms with van der Waals surface area (Å²) in [6, 6.07) is 0. The molecule has 0 aliphatic carbocycles. The molecule has 64 valence electrons. The van der Waals surface area contributed by atoms with Gasteiger partial charge in [-0.2, -0.15) is 0 Å². The van der Waals surface area contributed by atoms with Crippen molar-refractivity contribution in [1.29, 1.82) is 0 Å². The van der Waals surface area contributed by atoms with Crippen molar-refractivity contribution in [2.24, 2.45) is 0 Å². The molecule has 0 spiro atoms. The summed E-state index contributed by atoms with van der Waals surface area (Å²) in [5, 5.41) is -0.609. The Balaban J connectivity index is 3.89. The third kappa shape index (κ3) is 4.79. The quantitative estimate of drug-likeness (QED) is 0.484. The summed E-state index contributed by atoms with van der Waals surface area (Å²) in [5.74, 6) is -0.475. The van der Waals surface area contributed by atoms with Crippen LogP contribution < -0.4 is 0 Å². The fraction of sp³-hybridized carbons (Fsp3) is 0.714. The van der Waals surface area contributed by atoms with Crippen molar-refractivity contribution in [1.82, 2.24) is 0 Å². The highest BCUT2D eigenvalue weighted by atomic mass is 35.5. The second kappa shape index (κ2) is 5.13. The highest BCUT2D eigenvalue weighted by Gasteiger charge is 2.17. The van der Waals surface area contributed by atoms with Crippen molar-refractivity contribution in [3.05, 3.63) is 0 Å². The van der Waals surface area contributed by atoms with Gasteiger partial charge in [0.05, 0.1) is 0 Å². The van der Waals surface area contributed by atoms with E-state index in [-0.39, 0.29) is 0 Å². The first-order valence-corrected chi connectivity index (χ1v) is 3.82. The molecular weight excluding hydrogens is 168 g/mol. The number of carbonyl (C=O) groups excluding carboxylic acids is 2. The van der Waals surface area contributed by atoms with E-state index in [1.807, 2.05) is 6.92 Å². The Labute approximate surface area is 70.7 Å². The predicted octanol–water partition coefficient (Wildman–Crippen LogP) is 1.48. The Hall–Kier alpha value is -0.570. The zero-order valence-corrected chi connectivity index (χ0v) is 7.35. The Morgan fingerprint density at radius 1 is 1.55 bits per heavy atom. The molecule has 0 aromatic carbocycles. The zero-order chi connectivity index (χ0) is 8.85. The van der Waals surface area contributed by atoms with Crippen LogP contribution in [0.4, 0.5) is 0 Å². The van der Waals surface area contributed by atoms with Gasteiger partial charge in [-0.3, -0.25) is 9.59 Å². The highest BCUT2D eigenvalue weighted by molar-refractivity contribution is 6.64. The van der Waals surface area contributed by atoms with Crippen LogP contribution in [-0.2, 0) is 14.3 Å². The van der Waals surface area contributed by atoms with E-state index in [1.54, 1.807) is 0 Å². The smallest absolute Gasteiger partial charge is 0.303 e. The molecule has 0 aliphatic heterocycles. The van der Waals surface area contributed by atoms with Crippen LogP contribution in [-0.4, -0.2) is 17.3 Å². The van der Waals surface area contributed by atoms with Gasteiger partial charge in [-0.1, -0.05) is 13.3 Å². The molecule has 0 rings (SSSR count). The van der Waals surface area contributed by atoms with E-state index < -0.39 is 17.3 Å². The number of esters is 1. The van der Waals surface area contributed by atoms with E-state index in [0.29, 0.717) is 6.42 Å². The molecule has 0 aromatic rings. The van der Waals surface area contributed by atoms with E-state index in [0.717, 1.165) is 6.42 Å². The second-order valence-corrected chi connectivity index (χ2v) is 2.56. The molecule has 0 amide bonds. The normalized spacial score (nSPS) is 12.3. The molecule has 3 nitrogen and oxygen atoms in total. The summed E-state index contributed by atoms with van der Waals surface area (Å²) in [4.78, 5) is 21.0. The minimum atomic E-state index is -0.765. The van der Waals surface area contributed by atoms with Crippen LogP contribution in [0, 0.1) is 0 Å². The molecule has 0 saturated heterocycles. The molecule has 0 aliphatic rings. The van der Waals surface area contributed by atoms with Crippen molar-refractivity contribution in [2.45, 2.75) is 32.8 Å². The summed E-state index contributed by atoms with van der Waals surface area (Å²) in [6.45, 7) is 3.14. The van der Waals surface area contributed by atoms with Crippen molar-refractivity contribution < 1.29 is 14.3 Å². The zero-order valence-electron chi connectivity index (χ0n) is 6.59. The molecule has 0 saturated carbocycles. The molecule has 0 N–H and O–H groups in total. The predicted molar refractivity (Wildman–Crippen MR) is 41.3 cm³/mol. The van der Waals surface area contributed by atoms with Gasteiger partial charge >= 0.3 is 5.97 Å². The van der Waals surface area contributed by atoms with Crippen LogP contribution in [0.3, 0.4) is 0 Å². The summed E-state index contributed by atoms with van der Waals surface area (Å²) in [5.41, 5.74) is 0. The fourth-order valence-corrected chi connectivity index (χ4v) is 0.835. The summed E-state index contributed by atoms with van der Waals surface area (Å²) in [7, 11) is 0. The molecule has 1 atom stereocenters. The Kier molecular flexibility index (Phi) is 4.86. The van der Waals surface area contributed by atoms with E-state index in [9.17, 15) is 9.59 Å². The molecule has 1 unspecified atom stereocenters. The van der Waals surface area contributed by atoms with E-state index >= 15 is 0 Å². The van der Waals surface area contributed by atoms with E-state index in [2.05, 4.69) is 4.74 Å². The molecule has 4 heteroatoms. The van der Waals surface area contributed by atoms with Gasteiger partial charge < -0.3 is 4.74 Å². The lowest BCUT2D eigenvalue weighted by Crippen LogP contribution is -2.22. The lowest BCUT2D eigenvalue weighted by Gasteiger charge is -2.10.